The van der Waals surface area contributed by atoms with Crippen LogP contribution in [0.25, 0.3) is 0 Å². The van der Waals surface area contributed by atoms with Gasteiger partial charge in [-0.1, -0.05) is 18.2 Å². The third kappa shape index (κ3) is 2.39. The summed E-state index contributed by atoms with van der Waals surface area (Å²) in [6.45, 7) is 2.00. The highest BCUT2D eigenvalue weighted by molar-refractivity contribution is 7.81. The van der Waals surface area contributed by atoms with Crippen LogP contribution in [0.15, 0.2) is 54.6 Å². The van der Waals surface area contributed by atoms with E-state index >= 15 is 0 Å². The Bertz CT molecular complexity index is 905. The number of nitro benzene ring substituents is 1. The quantitative estimate of drug-likeness (QED) is 0.475. The number of rotatable bonds is 3. The molecule has 2 aliphatic rings. The van der Waals surface area contributed by atoms with Crippen molar-refractivity contribution in [2.45, 2.75) is 18.6 Å². The fourth-order valence-corrected chi connectivity index (χ4v) is 4.07. The van der Waals surface area contributed by atoms with E-state index in [9.17, 15) is 10.1 Å². The van der Waals surface area contributed by atoms with Crippen molar-refractivity contribution >= 4 is 46.0 Å². The van der Waals surface area contributed by atoms with E-state index in [0.29, 0.717) is 10.2 Å². The highest BCUT2D eigenvalue weighted by Gasteiger charge is 2.55. The molecule has 0 aromatic heterocycles. The minimum atomic E-state index is -0.597. The van der Waals surface area contributed by atoms with Crippen molar-refractivity contribution in [1.82, 2.24) is 15.6 Å². The molecule has 0 spiro atoms. The number of nitrogens with zero attached hydrogens (tertiary/aromatic N) is 3. The number of para-hydroxylation sites is 1. The molecule has 2 atom stereocenters. The highest BCUT2D eigenvalue weighted by Crippen LogP contribution is 2.38. The maximum absolute atomic E-state index is 10.9. The maximum atomic E-state index is 10.9. The van der Waals surface area contributed by atoms with Gasteiger partial charge < -0.3 is 10.6 Å². The van der Waals surface area contributed by atoms with Gasteiger partial charge in [0.15, 0.2) is 16.4 Å². The zero-order valence-electron chi connectivity index (χ0n) is 13.7. The Labute approximate surface area is 160 Å². The molecular weight excluding hydrogens is 370 g/mol. The number of nitro groups is 1. The first-order valence-electron chi connectivity index (χ1n) is 7.94. The predicted molar refractivity (Wildman–Crippen MR) is 106 cm³/mol. The summed E-state index contributed by atoms with van der Waals surface area (Å²) in [6.07, 6.45) is -0.246. The lowest BCUT2D eigenvalue weighted by atomic mass is 9.90. The Morgan fingerprint density at radius 2 is 1.73 bits per heavy atom. The zero-order valence-corrected chi connectivity index (χ0v) is 15.4. The number of anilines is 1. The van der Waals surface area contributed by atoms with Gasteiger partial charge in [0.1, 0.15) is 5.54 Å². The maximum Gasteiger partial charge on any atom is 0.269 e. The fraction of sp³-hybridized carbons (Fsp3) is 0.176. The van der Waals surface area contributed by atoms with Crippen molar-refractivity contribution in [3.8, 4) is 0 Å². The first-order valence-corrected chi connectivity index (χ1v) is 8.75. The topological polar surface area (TPSA) is 73.7 Å². The summed E-state index contributed by atoms with van der Waals surface area (Å²) in [5.74, 6) is 0. The van der Waals surface area contributed by atoms with Gasteiger partial charge in [0.25, 0.3) is 5.69 Å². The van der Waals surface area contributed by atoms with Gasteiger partial charge in [-0.3, -0.25) is 10.1 Å². The van der Waals surface area contributed by atoms with Gasteiger partial charge in [-0.05, 0) is 61.2 Å². The van der Waals surface area contributed by atoms with E-state index in [-0.39, 0.29) is 11.9 Å². The molecule has 0 amide bonds. The van der Waals surface area contributed by atoms with Crippen molar-refractivity contribution in [2.75, 3.05) is 5.01 Å². The normalized spacial score (nSPS) is 24.3. The standard InChI is InChI=1S/C17H15N5O2S2/c1-17(11-7-9-13(10-8-11)22(23)24)14-18-15(25)20(21(14)16(26)19-17)12-5-3-2-4-6-12/h2-10,14H,1H3,(H,18,25)(H,19,26). The van der Waals surface area contributed by atoms with E-state index in [2.05, 4.69) is 10.6 Å². The monoisotopic (exact) mass is 385 g/mol. The molecule has 2 heterocycles. The minimum Gasteiger partial charge on any atom is -0.348 e. The van der Waals surface area contributed by atoms with E-state index in [1.807, 2.05) is 47.3 Å². The molecule has 26 heavy (non-hydrogen) atoms. The van der Waals surface area contributed by atoms with Crippen LogP contribution in [0.3, 0.4) is 0 Å². The molecule has 4 rings (SSSR count). The van der Waals surface area contributed by atoms with Gasteiger partial charge in [-0.25, -0.2) is 10.0 Å². The van der Waals surface area contributed by atoms with Crippen LogP contribution in [0.1, 0.15) is 12.5 Å². The lowest BCUT2D eigenvalue weighted by Gasteiger charge is -2.30. The van der Waals surface area contributed by atoms with Crippen molar-refractivity contribution in [1.29, 1.82) is 0 Å². The number of hydrogen-bond donors (Lipinski definition) is 2. The van der Waals surface area contributed by atoms with Crippen molar-refractivity contribution in [3.05, 3.63) is 70.3 Å². The van der Waals surface area contributed by atoms with Crippen molar-refractivity contribution in [3.63, 3.8) is 0 Å². The van der Waals surface area contributed by atoms with Gasteiger partial charge in [0.2, 0.25) is 0 Å². The number of nitrogens with one attached hydrogen (secondary N) is 2. The predicted octanol–water partition coefficient (Wildman–Crippen LogP) is 2.64. The summed E-state index contributed by atoms with van der Waals surface area (Å²) in [6, 6.07) is 16.2. The molecule has 0 bridgehead atoms. The highest BCUT2D eigenvalue weighted by atomic mass is 32.1. The molecule has 132 valence electrons. The lowest BCUT2D eigenvalue weighted by Crippen LogP contribution is -2.49. The van der Waals surface area contributed by atoms with E-state index < -0.39 is 10.5 Å². The molecule has 0 radical (unpaired) electrons. The van der Waals surface area contributed by atoms with E-state index in [0.717, 1.165) is 11.3 Å². The van der Waals surface area contributed by atoms with Gasteiger partial charge in [0, 0.05) is 12.1 Å². The Balaban J connectivity index is 1.72. The first kappa shape index (κ1) is 16.7. The Kier molecular flexibility index (Phi) is 3.78. The van der Waals surface area contributed by atoms with E-state index in [1.165, 1.54) is 12.1 Å². The summed E-state index contributed by atoms with van der Waals surface area (Å²) < 4.78 is 0. The lowest BCUT2D eigenvalue weighted by molar-refractivity contribution is -0.384. The Morgan fingerprint density at radius 1 is 1.08 bits per heavy atom. The molecule has 2 aromatic rings. The van der Waals surface area contributed by atoms with Crippen LogP contribution in [-0.4, -0.2) is 26.3 Å². The second-order valence-corrected chi connectivity index (χ2v) is 7.05. The number of hydrazine groups is 1. The summed E-state index contributed by atoms with van der Waals surface area (Å²) >= 11 is 11.1. The number of hydrogen-bond acceptors (Lipinski definition) is 4. The van der Waals surface area contributed by atoms with Gasteiger partial charge in [0.05, 0.1) is 10.6 Å². The van der Waals surface area contributed by atoms with E-state index in [4.69, 9.17) is 24.4 Å². The number of non-ortho nitro benzene ring substituents is 1. The number of benzene rings is 2. The molecule has 2 aromatic carbocycles. The second kappa shape index (κ2) is 5.89. The van der Waals surface area contributed by atoms with Crippen molar-refractivity contribution in [2.24, 2.45) is 0 Å². The molecule has 7 nitrogen and oxygen atoms in total. The van der Waals surface area contributed by atoms with Crippen LogP contribution in [0, 0.1) is 10.1 Å². The smallest absolute Gasteiger partial charge is 0.269 e. The molecule has 2 N–H and O–H groups in total. The third-order valence-electron chi connectivity index (χ3n) is 4.71. The van der Waals surface area contributed by atoms with Crippen LogP contribution < -0.4 is 15.6 Å². The average molecular weight is 385 g/mol. The molecule has 2 unspecified atom stereocenters. The summed E-state index contributed by atoms with van der Waals surface area (Å²) in [5.41, 5.74) is 1.24. The zero-order chi connectivity index (χ0) is 18.5. The summed E-state index contributed by atoms with van der Waals surface area (Å²) in [5, 5.41) is 22.4. The van der Waals surface area contributed by atoms with Crippen LogP contribution in [-0.2, 0) is 5.54 Å². The first-order chi connectivity index (χ1) is 12.4. The minimum absolute atomic E-state index is 0.0515. The largest absolute Gasteiger partial charge is 0.348 e. The molecule has 9 heteroatoms. The SMILES string of the molecule is CC1(c2ccc([N+](=O)[O-])cc2)NC(=S)N2C1NC(=S)N2c1ccccc1. The van der Waals surface area contributed by atoms with E-state index in [1.54, 1.807) is 12.1 Å². The Hall–Kier alpha value is -2.78. The third-order valence-corrected chi connectivity index (χ3v) is 5.29. The average Bonchev–Trinajstić information content (AvgIpc) is 3.11. The van der Waals surface area contributed by atoms with Crippen LogP contribution in [0.5, 0.6) is 0 Å². The van der Waals surface area contributed by atoms with Gasteiger partial charge in [-0.15, -0.1) is 0 Å². The summed E-state index contributed by atoms with van der Waals surface area (Å²) in [4.78, 5) is 10.5. The molecule has 0 saturated carbocycles. The molecule has 2 fully saturated rings. The van der Waals surface area contributed by atoms with Crippen molar-refractivity contribution < 1.29 is 4.92 Å². The van der Waals surface area contributed by atoms with Crippen LogP contribution in [0.2, 0.25) is 0 Å². The number of fused-ring (bicyclic) bond motifs is 1. The Morgan fingerprint density at radius 3 is 2.35 bits per heavy atom. The van der Waals surface area contributed by atoms with Gasteiger partial charge in [-0.2, -0.15) is 0 Å². The molecule has 2 aliphatic heterocycles. The van der Waals surface area contributed by atoms with Crippen LogP contribution >= 0.6 is 24.4 Å². The molecule has 0 aliphatic carbocycles. The van der Waals surface area contributed by atoms with Crippen LogP contribution in [0.4, 0.5) is 11.4 Å². The molecular formula is C17H15N5O2S2. The second-order valence-electron chi connectivity index (χ2n) is 6.28. The fourth-order valence-electron chi connectivity index (χ4n) is 3.37. The summed E-state index contributed by atoms with van der Waals surface area (Å²) in [7, 11) is 0. The molecule has 2 saturated heterocycles. The van der Waals surface area contributed by atoms with Gasteiger partial charge >= 0.3 is 0 Å². The number of thiocarbonyl (C=S) groups is 2.